The third kappa shape index (κ3) is 2.92. The number of aliphatic hydroxyl groups is 1. The van der Waals surface area contributed by atoms with Crippen molar-refractivity contribution in [3.05, 3.63) is 22.8 Å². The molecule has 1 saturated heterocycles. The van der Waals surface area contributed by atoms with Gasteiger partial charge < -0.3 is 10.0 Å². The second-order valence-corrected chi connectivity index (χ2v) is 4.99. The minimum atomic E-state index is 0.232. The van der Waals surface area contributed by atoms with Crippen molar-refractivity contribution < 1.29 is 5.11 Å². The molecule has 2 heterocycles. The third-order valence-electron chi connectivity index (χ3n) is 3.32. The summed E-state index contributed by atoms with van der Waals surface area (Å²) >= 11 is 5.88. The maximum absolute atomic E-state index is 9.00. The summed E-state index contributed by atoms with van der Waals surface area (Å²) in [5.74, 6) is 1.31. The van der Waals surface area contributed by atoms with Gasteiger partial charge in [-0.05, 0) is 37.3 Å². The molecule has 1 N–H and O–H groups in total. The van der Waals surface area contributed by atoms with Crippen LogP contribution < -0.4 is 4.90 Å². The maximum Gasteiger partial charge on any atom is 0.161 e. The van der Waals surface area contributed by atoms with Crippen LogP contribution in [0.4, 0.5) is 5.82 Å². The number of aromatic nitrogens is 1. The first-order valence-electron chi connectivity index (χ1n) is 6.17. The Morgan fingerprint density at radius 2 is 2.39 bits per heavy atom. The van der Waals surface area contributed by atoms with Gasteiger partial charge in [-0.1, -0.05) is 11.6 Å². The lowest BCUT2D eigenvalue weighted by molar-refractivity contribution is 0.244. The lowest BCUT2D eigenvalue weighted by atomic mass is 9.95. The molecule has 0 radical (unpaired) electrons. The fourth-order valence-corrected chi connectivity index (χ4v) is 2.53. The quantitative estimate of drug-likeness (QED) is 0.910. The molecule has 18 heavy (non-hydrogen) atoms. The summed E-state index contributed by atoms with van der Waals surface area (Å²) in [5.41, 5.74) is 0.276. The summed E-state index contributed by atoms with van der Waals surface area (Å²) in [6, 6.07) is 5.57. The molecule has 96 valence electrons. The molecule has 0 amide bonds. The van der Waals surface area contributed by atoms with E-state index in [1.165, 1.54) is 0 Å². The molecule has 5 heteroatoms. The van der Waals surface area contributed by atoms with Crippen molar-refractivity contribution in [3.8, 4) is 6.07 Å². The van der Waals surface area contributed by atoms with Gasteiger partial charge in [0.2, 0.25) is 0 Å². The van der Waals surface area contributed by atoms with Crippen molar-refractivity contribution in [2.45, 2.75) is 19.3 Å². The van der Waals surface area contributed by atoms with Crippen LogP contribution in [0, 0.1) is 17.2 Å². The van der Waals surface area contributed by atoms with Crippen molar-refractivity contribution in [3.63, 3.8) is 0 Å². The molecule has 1 aliphatic heterocycles. The number of aliphatic hydroxyl groups excluding tert-OH is 1. The standard InChI is InChI=1S/C13H16ClN3O/c14-11-3-4-13(16-12(11)8-15)17-6-1-2-10(9-17)5-7-18/h3-4,10,18H,1-2,5-7,9H2/t10-/m0/s1. The number of hydrogen-bond acceptors (Lipinski definition) is 4. The van der Waals surface area contributed by atoms with E-state index in [0.717, 1.165) is 38.2 Å². The number of rotatable bonds is 3. The second kappa shape index (κ2) is 6.03. The highest BCUT2D eigenvalue weighted by Crippen LogP contribution is 2.25. The highest BCUT2D eigenvalue weighted by atomic mass is 35.5. The lowest BCUT2D eigenvalue weighted by Gasteiger charge is -2.33. The zero-order chi connectivity index (χ0) is 13.0. The zero-order valence-corrected chi connectivity index (χ0v) is 10.9. The predicted octanol–water partition coefficient (Wildman–Crippen LogP) is 2.21. The first kappa shape index (κ1) is 13.1. The Bertz CT molecular complexity index is 456. The molecule has 1 aromatic heterocycles. The number of hydrogen-bond donors (Lipinski definition) is 1. The SMILES string of the molecule is N#Cc1nc(N2CCC[C@@H](CCO)C2)ccc1Cl. The van der Waals surface area contributed by atoms with Gasteiger partial charge in [-0.2, -0.15) is 5.26 Å². The number of nitrogens with zero attached hydrogens (tertiary/aromatic N) is 3. The molecule has 0 aliphatic carbocycles. The summed E-state index contributed by atoms with van der Waals surface area (Å²) in [4.78, 5) is 6.45. The molecular formula is C13H16ClN3O. The molecule has 4 nitrogen and oxygen atoms in total. The van der Waals surface area contributed by atoms with Crippen molar-refractivity contribution >= 4 is 17.4 Å². The van der Waals surface area contributed by atoms with Gasteiger partial charge in [-0.3, -0.25) is 0 Å². The molecule has 0 spiro atoms. The van der Waals surface area contributed by atoms with Gasteiger partial charge >= 0.3 is 0 Å². The first-order chi connectivity index (χ1) is 8.74. The molecule has 1 fully saturated rings. The van der Waals surface area contributed by atoms with Crippen LogP contribution in [0.3, 0.4) is 0 Å². The molecular weight excluding hydrogens is 250 g/mol. The molecule has 1 aliphatic rings. The van der Waals surface area contributed by atoms with Crippen LogP contribution in [0.15, 0.2) is 12.1 Å². The fraction of sp³-hybridized carbons (Fsp3) is 0.538. The summed E-state index contributed by atoms with van der Waals surface area (Å²) in [5, 5.41) is 18.3. The predicted molar refractivity (Wildman–Crippen MR) is 70.6 cm³/mol. The average Bonchev–Trinajstić information content (AvgIpc) is 2.40. The zero-order valence-electron chi connectivity index (χ0n) is 10.1. The van der Waals surface area contributed by atoms with Crippen molar-refractivity contribution in [1.82, 2.24) is 4.98 Å². The number of pyridine rings is 1. The average molecular weight is 266 g/mol. The van der Waals surface area contributed by atoms with E-state index >= 15 is 0 Å². The minimum absolute atomic E-state index is 0.232. The summed E-state index contributed by atoms with van der Waals surface area (Å²) in [6.45, 7) is 2.07. The number of anilines is 1. The third-order valence-corrected chi connectivity index (χ3v) is 3.62. The largest absolute Gasteiger partial charge is 0.396 e. The number of nitriles is 1. The Balaban J connectivity index is 2.13. The highest BCUT2D eigenvalue weighted by Gasteiger charge is 2.21. The Hall–Kier alpha value is -1.31. The van der Waals surface area contributed by atoms with Crippen LogP contribution in [-0.4, -0.2) is 29.8 Å². The van der Waals surface area contributed by atoms with E-state index in [2.05, 4.69) is 9.88 Å². The van der Waals surface area contributed by atoms with E-state index in [4.69, 9.17) is 22.0 Å². The van der Waals surface area contributed by atoms with E-state index in [9.17, 15) is 0 Å². The van der Waals surface area contributed by atoms with Crippen LogP contribution in [0.25, 0.3) is 0 Å². The molecule has 0 unspecified atom stereocenters. The number of piperidine rings is 1. The summed E-state index contributed by atoms with van der Waals surface area (Å²) in [7, 11) is 0. The maximum atomic E-state index is 9.00. The van der Waals surface area contributed by atoms with Crippen molar-refractivity contribution in [1.29, 1.82) is 5.26 Å². The Kier molecular flexibility index (Phi) is 4.40. The van der Waals surface area contributed by atoms with Crippen molar-refractivity contribution in [2.24, 2.45) is 5.92 Å². The van der Waals surface area contributed by atoms with Crippen LogP contribution in [0.5, 0.6) is 0 Å². The highest BCUT2D eigenvalue weighted by molar-refractivity contribution is 6.31. The van der Waals surface area contributed by atoms with Gasteiger partial charge in [0.15, 0.2) is 5.69 Å². The Labute approximate surface area is 112 Å². The van der Waals surface area contributed by atoms with Gasteiger partial charge in [-0.15, -0.1) is 0 Å². The van der Waals surface area contributed by atoms with E-state index in [-0.39, 0.29) is 12.3 Å². The number of halogens is 1. The first-order valence-corrected chi connectivity index (χ1v) is 6.55. The smallest absolute Gasteiger partial charge is 0.161 e. The van der Waals surface area contributed by atoms with Gasteiger partial charge in [0, 0.05) is 19.7 Å². The Morgan fingerprint density at radius 1 is 1.56 bits per heavy atom. The van der Waals surface area contributed by atoms with Gasteiger partial charge in [0.25, 0.3) is 0 Å². The van der Waals surface area contributed by atoms with E-state index < -0.39 is 0 Å². The molecule has 2 rings (SSSR count). The van der Waals surface area contributed by atoms with Crippen LogP contribution in [0.2, 0.25) is 5.02 Å². The fourth-order valence-electron chi connectivity index (χ4n) is 2.38. The molecule has 1 aromatic rings. The van der Waals surface area contributed by atoms with Gasteiger partial charge in [-0.25, -0.2) is 4.98 Å². The summed E-state index contributed by atoms with van der Waals surface area (Å²) < 4.78 is 0. The molecule has 0 aromatic carbocycles. The van der Waals surface area contributed by atoms with Gasteiger partial charge in [0.1, 0.15) is 11.9 Å². The Morgan fingerprint density at radius 3 is 3.11 bits per heavy atom. The lowest BCUT2D eigenvalue weighted by Crippen LogP contribution is -2.36. The molecule has 0 saturated carbocycles. The van der Waals surface area contributed by atoms with Crippen LogP contribution in [0.1, 0.15) is 25.0 Å². The van der Waals surface area contributed by atoms with Crippen molar-refractivity contribution in [2.75, 3.05) is 24.6 Å². The summed E-state index contributed by atoms with van der Waals surface area (Å²) in [6.07, 6.45) is 3.07. The van der Waals surface area contributed by atoms with E-state index in [1.54, 1.807) is 6.07 Å². The van der Waals surface area contributed by atoms with E-state index in [1.807, 2.05) is 12.1 Å². The topological polar surface area (TPSA) is 60.2 Å². The molecule has 1 atom stereocenters. The normalized spacial score (nSPS) is 19.6. The molecule has 0 bridgehead atoms. The second-order valence-electron chi connectivity index (χ2n) is 4.58. The van der Waals surface area contributed by atoms with Gasteiger partial charge in [0.05, 0.1) is 5.02 Å². The monoisotopic (exact) mass is 265 g/mol. The van der Waals surface area contributed by atoms with Crippen LogP contribution >= 0.6 is 11.6 Å². The van der Waals surface area contributed by atoms with Crippen LogP contribution in [-0.2, 0) is 0 Å². The van der Waals surface area contributed by atoms with E-state index in [0.29, 0.717) is 10.9 Å². The minimum Gasteiger partial charge on any atom is -0.396 e.